The van der Waals surface area contributed by atoms with Crippen molar-refractivity contribution in [3.8, 4) is 5.75 Å². The minimum atomic E-state index is -0.878. The Morgan fingerprint density at radius 1 is 1.54 bits per heavy atom. The summed E-state index contributed by atoms with van der Waals surface area (Å²) in [6, 6.07) is 6.65. The summed E-state index contributed by atoms with van der Waals surface area (Å²) < 4.78 is 16.7. The van der Waals surface area contributed by atoms with Gasteiger partial charge in [-0.25, -0.2) is 4.39 Å². The Balaban J connectivity index is 2.92. The standard InChI is InChI=1S/C9H10FNO2/c1-13-8-5-3-2-4-7(8)9(12)11-6-10/h2-5H,6H2,1H3,(H,11,12). The number of hydrogen-bond donors (Lipinski definition) is 1. The molecule has 1 aromatic rings. The first kappa shape index (κ1) is 9.51. The minimum absolute atomic E-state index is 0.336. The molecule has 1 amide bonds. The van der Waals surface area contributed by atoms with E-state index in [0.29, 0.717) is 11.3 Å². The first-order valence-corrected chi connectivity index (χ1v) is 3.76. The minimum Gasteiger partial charge on any atom is -0.496 e. The van der Waals surface area contributed by atoms with Crippen molar-refractivity contribution in [2.75, 3.05) is 13.9 Å². The second-order valence-corrected chi connectivity index (χ2v) is 2.34. The zero-order valence-electron chi connectivity index (χ0n) is 7.21. The zero-order valence-corrected chi connectivity index (χ0v) is 7.21. The summed E-state index contributed by atoms with van der Waals surface area (Å²) in [6.45, 7) is -0.878. The Kier molecular flexibility index (Phi) is 3.25. The van der Waals surface area contributed by atoms with E-state index in [9.17, 15) is 9.18 Å². The predicted octanol–water partition coefficient (Wildman–Crippen LogP) is 1.35. The van der Waals surface area contributed by atoms with Crippen LogP contribution in [0.15, 0.2) is 24.3 Å². The lowest BCUT2D eigenvalue weighted by Crippen LogP contribution is -2.22. The molecule has 0 heterocycles. The average molecular weight is 183 g/mol. The lowest BCUT2D eigenvalue weighted by Gasteiger charge is -2.06. The fourth-order valence-electron chi connectivity index (χ4n) is 0.988. The Bertz CT molecular complexity index is 301. The SMILES string of the molecule is COc1ccccc1C(=O)NCF. The van der Waals surface area contributed by atoms with Crippen LogP contribution in [0.1, 0.15) is 10.4 Å². The third-order valence-electron chi connectivity index (χ3n) is 1.58. The van der Waals surface area contributed by atoms with Gasteiger partial charge in [0.1, 0.15) is 5.75 Å². The molecular weight excluding hydrogens is 173 g/mol. The second kappa shape index (κ2) is 4.45. The molecule has 0 radical (unpaired) electrons. The van der Waals surface area contributed by atoms with Gasteiger partial charge in [-0.15, -0.1) is 0 Å². The molecule has 0 atom stereocenters. The summed E-state index contributed by atoms with van der Waals surface area (Å²) in [7, 11) is 1.46. The van der Waals surface area contributed by atoms with Crippen LogP contribution in [-0.4, -0.2) is 19.8 Å². The van der Waals surface area contributed by atoms with E-state index in [1.807, 2.05) is 0 Å². The fraction of sp³-hybridized carbons (Fsp3) is 0.222. The van der Waals surface area contributed by atoms with Gasteiger partial charge in [0.05, 0.1) is 12.7 Å². The largest absolute Gasteiger partial charge is 0.496 e. The number of ether oxygens (including phenoxy) is 1. The van der Waals surface area contributed by atoms with Crippen molar-refractivity contribution in [2.45, 2.75) is 0 Å². The van der Waals surface area contributed by atoms with Gasteiger partial charge < -0.3 is 10.1 Å². The van der Waals surface area contributed by atoms with Crippen molar-refractivity contribution in [3.63, 3.8) is 0 Å². The first-order chi connectivity index (χ1) is 6.29. The van der Waals surface area contributed by atoms with E-state index in [1.54, 1.807) is 24.3 Å². The Morgan fingerprint density at radius 2 is 2.23 bits per heavy atom. The van der Waals surface area contributed by atoms with Gasteiger partial charge in [0, 0.05) is 0 Å². The van der Waals surface area contributed by atoms with E-state index in [-0.39, 0.29) is 0 Å². The van der Waals surface area contributed by atoms with Crippen molar-refractivity contribution < 1.29 is 13.9 Å². The van der Waals surface area contributed by atoms with Gasteiger partial charge >= 0.3 is 0 Å². The van der Waals surface area contributed by atoms with Crippen molar-refractivity contribution in [3.05, 3.63) is 29.8 Å². The number of alkyl halides is 1. The van der Waals surface area contributed by atoms with E-state index < -0.39 is 12.7 Å². The Labute approximate surface area is 75.5 Å². The Morgan fingerprint density at radius 3 is 2.85 bits per heavy atom. The van der Waals surface area contributed by atoms with Gasteiger partial charge in [0.2, 0.25) is 0 Å². The number of hydrogen-bond acceptors (Lipinski definition) is 2. The molecule has 0 saturated heterocycles. The van der Waals surface area contributed by atoms with E-state index in [2.05, 4.69) is 5.32 Å². The highest BCUT2D eigenvalue weighted by molar-refractivity contribution is 5.96. The maximum atomic E-state index is 11.8. The van der Waals surface area contributed by atoms with E-state index >= 15 is 0 Å². The van der Waals surface area contributed by atoms with Crippen LogP contribution in [0.25, 0.3) is 0 Å². The predicted molar refractivity (Wildman–Crippen MR) is 46.4 cm³/mol. The number of halogens is 1. The van der Waals surface area contributed by atoms with Crippen LogP contribution in [-0.2, 0) is 0 Å². The molecule has 1 rings (SSSR count). The number of para-hydroxylation sites is 1. The summed E-state index contributed by atoms with van der Waals surface area (Å²) in [5.74, 6) is -0.0339. The summed E-state index contributed by atoms with van der Waals surface area (Å²) in [5, 5.41) is 2.05. The fourth-order valence-corrected chi connectivity index (χ4v) is 0.988. The lowest BCUT2D eigenvalue weighted by atomic mass is 10.2. The number of rotatable bonds is 3. The van der Waals surface area contributed by atoms with Gasteiger partial charge in [0.15, 0.2) is 6.80 Å². The summed E-state index contributed by atoms with van der Waals surface area (Å²) in [6.07, 6.45) is 0. The quantitative estimate of drug-likeness (QED) is 0.718. The van der Waals surface area contributed by atoms with E-state index in [0.717, 1.165) is 0 Å². The second-order valence-electron chi connectivity index (χ2n) is 2.34. The highest BCUT2D eigenvalue weighted by atomic mass is 19.1. The molecule has 0 unspecified atom stereocenters. The summed E-state index contributed by atoms with van der Waals surface area (Å²) in [4.78, 5) is 11.2. The maximum Gasteiger partial charge on any atom is 0.257 e. The van der Waals surface area contributed by atoms with Crippen molar-refractivity contribution in [2.24, 2.45) is 0 Å². The maximum absolute atomic E-state index is 11.8. The van der Waals surface area contributed by atoms with Gasteiger partial charge in [-0.3, -0.25) is 4.79 Å². The number of nitrogens with one attached hydrogen (secondary N) is 1. The number of methoxy groups -OCH3 is 1. The molecule has 1 N–H and O–H groups in total. The molecule has 0 spiro atoms. The van der Waals surface area contributed by atoms with Gasteiger partial charge in [-0.1, -0.05) is 12.1 Å². The molecule has 0 aromatic heterocycles. The zero-order chi connectivity index (χ0) is 9.68. The molecule has 4 heteroatoms. The number of carbonyl (C=O) groups excluding carboxylic acids is 1. The number of carbonyl (C=O) groups is 1. The monoisotopic (exact) mass is 183 g/mol. The van der Waals surface area contributed by atoms with Gasteiger partial charge in [-0.05, 0) is 12.1 Å². The molecular formula is C9H10FNO2. The molecule has 0 saturated carbocycles. The molecule has 13 heavy (non-hydrogen) atoms. The normalized spacial score (nSPS) is 9.38. The lowest BCUT2D eigenvalue weighted by molar-refractivity contribution is 0.0934. The molecule has 3 nitrogen and oxygen atoms in total. The topological polar surface area (TPSA) is 38.3 Å². The van der Waals surface area contributed by atoms with Crippen molar-refractivity contribution >= 4 is 5.91 Å². The molecule has 0 aliphatic heterocycles. The van der Waals surface area contributed by atoms with Crippen LogP contribution in [0, 0.1) is 0 Å². The third kappa shape index (κ3) is 2.18. The van der Waals surface area contributed by atoms with Crippen molar-refractivity contribution in [1.29, 1.82) is 0 Å². The summed E-state index contributed by atoms with van der Waals surface area (Å²) in [5.41, 5.74) is 0.336. The molecule has 1 aromatic carbocycles. The van der Waals surface area contributed by atoms with Gasteiger partial charge in [0.25, 0.3) is 5.91 Å². The molecule has 0 aliphatic carbocycles. The van der Waals surface area contributed by atoms with Crippen LogP contribution < -0.4 is 10.1 Å². The van der Waals surface area contributed by atoms with Crippen LogP contribution in [0.5, 0.6) is 5.75 Å². The number of amides is 1. The highest BCUT2D eigenvalue weighted by Crippen LogP contribution is 2.16. The van der Waals surface area contributed by atoms with Crippen LogP contribution in [0.4, 0.5) is 4.39 Å². The van der Waals surface area contributed by atoms with E-state index in [4.69, 9.17) is 4.74 Å². The summed E-state index contributed by atoms with van der Waals surface area (Å²) >= 11 is 0. The first-order valence-electron chi connectivity index (χ1n) is 3.76. The third-order valence-corrected chi connectivity index (χ3v) is 1.58. The average Bonchev–Trinajstić information content (AvgIpc) is 2.18. The molecule has 0 bridgehead atoms. The van der Waals surface area contributed by atoms with Crippen LogP contribution in [0.3, 0.4) is 0 Å². The van der Waals surface area contributed by atoms with Crippen LogP contribution in [0.2, 0.25) is 0 Å². The van der Waals surface area contributed by atoms with Gasteiger partial charge in [-0.2, -0.15) is 0 Å². The Hall–Kier alpha value is -1.58. The molecule has 70 valence electrons. The molecule has 0 aliphatic rings. The van der Waals surface area contributed by atoms with E-state index in [1.165, 1.54) is 7.11 Å². The smallest absolute Gasteiger partial charge is 0.257 e. The van der Waals surface area contributed by atoms with Crippen LogP contribution >= 0.6 is 0 Å². The number of benzene rings is 1. The molecule has 0 fully saturated rings. The van der Waals surface area contributed by atoms with Crippen molar-refractivity contribution in [1.82, 2.24) is 5.32 Å². The highest BCUT2D eigenvalue weighted by Gasteiger charge is 2.09.